The van der Waals surface area contributed by atoms with E-state index in [4.69, 9.17) is 10.1 Å². The Kier molecular flexibility index (Phi) is 4.76. The van der Waals surface area contributed by atoms with Crippen LogP contribution in [0.3, 0.4) is 0 Å². The third-order valence-electron chi connectivity index (χ3n) is 1.16. The average molecular weight is 143 g/mol. The van der Waals surface area contributed by atoms with Crippen molar-refractivity contribution < 1.29 is 9.53 Å². The van der Waals surface area contributed by atoms with Gasteiger partial charge in [-0.15, -0.1) is 0 Å². The van der Waals surface area contributed by atoms with Crippen LogP contribution in [0, 0.1) is 5.41 Å². The van der Waals surface area contributed by atoms with Crippen LogP contribution >= 0.6 is 0 Å². The summed E-state index contributed by atoms with van der Waals surface area (Å²) in [6, 6.07) is 0. The molecule has 0 rings (SSSR count). The maximum Gasteiger partial charge on any atom is 0.166 e. The Bertz CT molecular complexity index is 123. The third kappa shape index (κ3) is 2.73. The van der Waals surface area contributed by atoms with Crippen LogP contribution in [0.25, 0.3) is 0 Å². The van der Waals surface area contributed by atoms with E-state index in [1.54, 1.807) is 13.8 Å². The van der Waals surface area contributed by atoms with Gasteiger partial charge in [0.05, 0.1) is 0 Å². The number of carbonyl (C=O) groups is 1. The van der Waals surface area contributed by atoms with E-state index >= 15 is 0 Å². The zero-order chi connectivity index (χ0) is 7.98. The van der Waals surface area contributed by atoms with Gasteiger partial charge >= 0.3 is 0 Å². The number of ether oxygens (including phenoxy) is 1. The Hall–Kier alpha value is -0.700. The van der Waals surface area contributed by atoms with Crippen molar-refractivity contribution in [1.29, 1.82) is 5.41 Å². The number of ketones is 1. The molecule has 0 fully saturated rings. The summed E-state index contributed by atoms with van der Waals surface area (Å²) < 4.78 is 4.95. The first-order valence-electron chi connectivity index (χ1n) is 3.41. The first-order chi connectivity index (χ1) is 4.76. The molecule has 1 atom stereocenters. The van der Waals surface area contributed by atoms with Gasteiger partial charge in [-0.05, 0) is 6.92 Å². The van der Waals surface area contributed by atoms with Crippen LogP contribution in [0.5, 0.6) is 0 Å². The number of hydrogen-bond donors (Lipinski definition) is 1. The monoisotopic (exact) mass is 143 g/mol. The van der Waals surface area contributed by atoms with Crippen molar-refractivity contribution >= 4 is 12.0 Å². The van der Waals surface area contributed by atoms with Crippen molar-refractivity contribution in [3.8, 4) is 0 Å². The van der Waals surface area contributed by atoms with Gasteiger partial charge in [0.2, 0.25) is 0 Å². The smallest absolute Gasteiger partial charge is 0.166 e. The molecule has 0 saturated heterocycles. The SMILES string of the molecule is CCOC(C=N)C(=O)CC. The molecule has 58 valence electrons. The van der Waals surface area contributed by atoms with Gasteiger partial charge in [0.1, 0.15) is 6.10 Å². The van der Waals surface area contributed by atoms with Crippen LogP contribution in [0.15, 0.2) is 0 Å². The summed E-state index contributed by atoms with van der Waals surface area (Å²) in [6.07, 6.45) is 0.852. The van der Waals surface area contributed by atoms with Gasteiger partial charge in [0.25, 0.3) is 0 Å². The predicted molar refractivity (Wildman–Crippen MR) is 39.5 cm³/mol. The van der Waals surface area contributed by atoms with Crippen molar-refractivity contribution in [3.05, 3.63) is 0 Å². The minimum atomic E-state index is -0.616. The van der Waals surface area contributed by atoms with Crippen LogP contribution in [0.2, 0.25) is 0 Å². The predicted octanol–water partition coefficient (Wildman–Crippen LogP) is 1.02. The highest BCUT2D eigenvalue weighted by Gasteiger charge is 2.11. The fraction of sp³-hybridized carbons (Fsp3) is 0.714. The minimum absolute atomic E-state index is 0.0307. The van der Waals surface area contributed by atoms with Crippen molar-refractivity contribution in [1.82, 2.24) is 0 Å². The van der Waals surface area contributed by atoms with Crippen LogP contribution in [0.1, 0.15) is 20.3 Å². The Morgan fingerprint density at radius 1 is 1.70 bits per heavy atom. The topological polar surface area (TPSA) is 50.1 Å². The molecule has 0 spiro atoms. The van der Waals surface area contributed by atoms with Gasteiger partial charge in [-0.25, -0.2) is 0 Å². The Labute approximate surface area is 60.9 Å². The lowest BCUT2D eigenvalue weighted by atomic mass is 10.2. The van der Waals surface area contributed by atoms with Crippen LogP contribution in [-0.4, -0.2) is 24.7 Å². The summed E-state index contributed by atoms with van der Waals surface area (Å²) in [6.45, 7) is 4.04. The lowest BCUT2D eigenvalue weighted by Gasteiger charge is -2.07. The van der Waals surface area contributed by atoms with Crippen LogP contribution in [-0.2, 0) is 9.53 Å². The summed E-state index contributed by atoms with van der Waals surface area (Å²) in [5.41, 5.74) is 0. The van der Waals surface area contributed by atoms with Crippen molar-refractivity contribution in [3.63, 3.8) is 0 Å². The summed E-state index contributed by atoms with van der Waals surface area (Å²) in [5.74, 6) is -0.0307. The van der Waals surface area contributed by atoms with E-state index in [0.29, 0.717) is 13.0 Å². The lowest BCUT2D eigenvalue weighted by Crippen LogP contribution is -2.24. The van der Waals surface area contributed by atoms with E-state index in [9.17, 15) is 4.79 Å². The third-order valence-corrected chi connectivity index (χ3v) is 1.16. The maximum absolute atomic E-state index is 10.9. The molecule has 0 amide bonds. The number of hydrogen-bond acceptors (Lipinski definition) is 3. The molecular weight excluding hydrogens is 130 g/mol. The molecule has 0 bridgehead atoms. The number of carbonyl (C=O) groups excluding carboxylic acids is 1. The summed E-state index contributed by atoms with van der Waals surface area (Å²) in [7, 11) is 0. The Balaban J connectivity index is 3.80. The van der Waals surface area contributed by atoms with E-state index in [2.05, 4.69) is 0 Å². The van der Waals surface area contributed by atoms with Gasteiger partial charge in [-0.3, -0.25) is 4.79 Å². The summed E-state index contributed by atoms with van der Waals surface area (Å²) in [4.78, 5) is 10.9. The van der Waals surface area contributed by atoms with Crippen molar-refractivity contribution in [2.75, 3.05) is 6.61 Å². The average Bonchev–Trinajstić information content (AvgIpc) is 1.99. The van der Waals surface area contributed by atoms with Gasteiger partial charge in [0, 0.05) is 19.2 Å². The molecule has 3 nitrogen and oxygen atoms in total. The van der Waals surface area contributed by atoms with Gasteiger partial charge < -0.3 is 10.1 Å². The zero-order valence-corrected chi connectivity index (χ0v) is 6.39. The largest absolute Gasteiger partial charge is 0.365 e. The number of nitrogens with one attached hydrogen (secondary N) is 1. The van der Waals surface area contributed by atoms with Gasteiger partial charge in [0.15, 0.2) is 5.78 Å². The Morgan fingerprint density at radius 2 is 2.30 bits per heavy atom. The van der Waals surface area contributed by atoms with Gasteiger partial charge in [-0.1, -0.05) is 6.92 Å². The molecule has 1 unspecified atom stereocenters. The molecule has 1 N–H and O–H groups in total. The summed E-state index contributed by atoms with van der Waals surface area (Å²) in [5, 5.41) is 6.83. The molecule has 0 heterocycles. The zero-order valence-electron chi connectivity index (χ0n) is 6.39. The normalized spacial score (nSPS) is 12.6. The highest BCUT2D eigenvalue weighted by atomic mass is 16.5. The second-order valence-corrected chi connectivity index (χ2v) is 1.86. The molecule has 10 heavy (non-hydrogen) atoms. The first kappa shape index (κ1) is 9.30. The molecule has 0 radical (unpaired) electrons. The fourth-order valence-electron chi connectivity index (χ4n) is 0.615. The molecular formula is C7H13NO2. The Morgan fingerprint density at radius 3 is 2.60 bits per heavy atom. The van der Waals surface area contributed by atoms with Crippen LogP contribution < -0.4 is 0 Å². The number of rotatable bonds is 5. The van der Waals surface area contributed by atoms with E-state index in [1.807, 2.05) is 0 Å². The molecule has 0 aliphatic carbocycles. The molecule has 0 aromatic heterocycles. The lowest BCUT2D eigenvalue weighted by molar-refractivity contribution is -0.125. The van der Waals surface area contributed by atoms with Crippen molar-refractivity contribution in [2.45, 2.75) is 26.4 Å². The molecule has 0 saturated carbocycles. The second-order valence-electron chi connectivity index (χ2n) is 1.86. The summed E-state index contributed by atoms with van der Waals surface area (Å²) >= 11 is 0. The van der Waals surface area contributed by atoms with Crippen molar-refractivity contribution in [2.24, 2.45) is 0 Å². The molecule has 3 heteroatoms. The van der Waals surface area contributed by atoms with E-state index in [0.717, 1.165) is 6.21 Å². The standard InChI is InChI=1S/C7H13NO2/c1-3-6(9)7(5-8)10-4-2/h5,7-8H,3-4H2,1-2H3. The van der Waals surface area contributed by atoms with Crippen LogP contribution in [0.4, 0.5) is 0 Å². The number of Topliss-reactive ketones (excluding diaryl/α,β-unsaturated/α-hetero) is 1. The molecule has 0 aliphatic heterocycles. The molecule has 0 aliphatic rings. The highest BCUT2D eigenvalue weighted by molar-refractivity contribution is 5.96. The molecule has 0 aromatic rings. The first-order valence-corrected chi connectivity index (χ1v) is 3.41. The highest BCUT2D eigenvalue weighted by Crippen LogP contribution is 1.93. The minimum Gasteiger partial charge on any atom is -0.365 e. The molecule has 0 aromatic carbocycles. The van der Waals surface area contributed by atoms with E-state index in [-0.39, 0.29) is 5.78 Å². The quantitative estimate of drug-likeness (QED) is 0.584. The maximum atomic E-state index is 10.9. The van der Waals surface area contributed by atoms with E-state index in [1.165, 1.54) is 0 Å². The van der Waals surface area contributed by atoms with E-state index < -0.39 is 6.10 Å². The second kappa shape index (κ2) is 5.11. The fourth-order valence-corrected chi connectivity index (χ4v) is 0.615. The van der Waals surface area contributed by atoms with Gasteiger partial charge in [-0.2, -0.15) is 0 Å².